The number of aliphatic hydroxyl groups is 2. The molecule has 0 aromatic heterocycles. The van der Waals surface area contributed by atoms with E-state index in [0.29, 0.717) is 25.1 Å². The quantitative estimate of drug-likeness (QED) is 0.105. The Balaban J connectivity index is 1.45. The van der Waals surface area contributed by atoms with Gasteiger partial charge in [-0.2, -0.15) is 11.8 Å². The Morgan fingerprint density at radius 2 is 1.60 bits per heavy atom. The second kappa shape index (κ2) is 16.4. The number of carbonyl (C=O) groups excluding carboxylic acids is 2. The molecule has 1 saturated heterocycles. The molecule has 0 aliphatic carbocycles. The number of thioether (sulfide) groups is 1. The average molecular weight is 595 g/mol. The van der Waals surface area contributed by atoms with Gasteiger partial charge in [0.1, 0.15) is 0 Å². The van der Waals surface area contributed by atoms with Crippen molar-refractivity contribution in [3.05, 3.63) is 95.1 Å². The molecule has 3 aromatic carbocycles. The zero-order chi connectivity index (χ0) is 29.7. The predicted octanol–water partition coefficient (Wildman–Crippen LogP) is 4.41. The van der Waals surface area contributed by atoms with E-state index in [0.717, 1.165) is 39.1 Å². The van der Waals surface area contributed by atoms with E-state index in [-0.39, 0.29) is 44.2 Å². The van der Waals surface area contributed by atoms with Crippen LogP contribution in [-0.4, -0.2) is 51.5 Å². The van der Waals surface area contributed by atoms with Gasteiger partial charge in [0.05, 0.1) is 25.4 Å². The summed E-state index contributed by atoms with van der Waals surface area (Å²) in [5.41, 5.74) is 7.26. The predicted molar refractivity (Wildman–Crippen MR) is 160 cm³/mol. The summed E-state index contributed by atoms with van der Waals surface area (Å²) in [4.78, 5) is 23.3. The van der Waals surface area contributed by atoms with Gasteiger partial charge in [-0.15, -0.1) is 0 Å². The highest BCUT2D eigenvalue weighted by Crippen LogP contribution is 2.39. The van der Waals surface area contributed by atoms with Gasteiger partial charge in [0.25, 0.3) is 0 Å². The summed E-state index contributed by atoms with van der Waals surface area (Å²) < 4.78 is 12.9. The number of aliphatic hydroxyl groups excluding tert-OH is 2. The fourth-order valence-electron chi connectivity index (χ4n) is 4.78. The first-order chi connectivity index (χ1) is 20.5. The lowest BCUT2D eigenvalue weighted by Crippen LogP contribution is -2.31. The van der Waals surface area contributed by atoms with Crippen molar-refractivity contribution in [2.24, 2.45) is 0 Å². The fourth-order valence-corrected chi connectivity index (χ4v) is 5.56. The van der Waals surface area contributed by atoms with Crippen molar-refractivity contribution in [3.8, 4) is 11.1 Å². The van der Waals surface area contributed by atoms with E-state index in [9.17, 15) is 19.8 Å². The monoisotopic (exact) mass is 594 g/mol. The van der Waals surface area contributed by atoms with E-state index in [1.807, 2.05) is 66.7 Å². The van der Waals surface area contributed by atoms with Crippen LogP contribution in [0.4, 0.5) is 0 Å². The summed E-state index contributed by atoms with van der Waals surface area (Å²) in [6, 6.07) is 23.8. The largest absolute Gasteiger partial charge is 0.396 e. The van der Waals surface area contributed by atoms with Crippen LogP contribution in [0.5, 0.6) is 0 Å². The zero-order valence-corrected chi connectivity index (χ0v) is 24.2. The molecule has 9 nitrogen and oxygen atoms in total. The maximum Gasteiger partial charge on any atom is 0.243 e. The van der Waals surface area contributed by atoms with Crippen LogP contribution in [0, 0.1) is 0 Å². The number of hydrogen-bond acceptors (Lipinski definition) is 8. The second-order valence-electron chi connectivity index (χ2n) is 10.1. The van der Waals surface area contributed by atoms with Crippen LogP contribution in [-0.2, 0) is 32.2 Å². The topological polar surface area (TPSA) is 137 Å². The van der Waals surface area contributed by atoms with Crippen LogP contribution < -0.4 is 10.8 Å². The van der Waals surface area contributed by atoms with Crippen LogP contribution in [0.2, 0.25) is 0 Å². The highest BCUT2D eigenvalue weighted by molar-refractivity contribution is 7.99. The van der Waals surface area contributed by atoms with Crippen molar-refractivity contribution in [2.45, 2.75) is 57.3 Å². The summed E-state index contributed by atoms with van der Waals surface area (Å²) in [6.07, 6.45) is 0.519. The first-order valence-corrected chi connectivity index (χ1v) is 15.2. The molecule has 1 fully saturated rings. The molecule has 2 amide bonds. The first-order valence-electron chi connectivity index (χ1n) is 14.1. The molecule has 0 radical (unpaired) electrons. The molecular weight excluding hydrogens is 556 g/mol. The van der Waals surface area contributed by atoms with Crippen LogP contribution in [0.25, 0.3) is 11.1 Å². The maximum absolute atomic E-state index is 12.2. The third kappa shape index (κ3) is 9.38. The van der Waals surface area contributed by atoms with Crippen LogP contribution in [0.15, 0.2) is 72.8 Å². The second-order valence-corrected chi connectivity index (χ2v) is 11.3. The van der Waals surface area contributed by atoms with Gasteiger partial charge >= 0.3 is 0 Å². The summed E-state index contributed by atoms with van der Waals surface area (Å²) in [5, 5.41) is 30.1. The number of hydrogen-bond donors (Lipinski definition) is 5. The molecule has 0 spiro atoms. The molecule has 224 valence electrons. The lowest BCUT2D eigenvalue weighted by Gasteiger charge is -2.36. The highest BCUT2D eigenvalue weighted by Gasteiger charge is 2.32. The molecule has 3 atom stereocenters. The zero-order valence-electron chi connectivity index (χ0n) is 23.4. The SMILES string of the molecule is O=C(CCCC(=O)NCc1cccc(-c2cccc([C@H]3O[C@@H](CSCCO)C[C@@H](c4ccc(CO)cc4)O3)c2)c1)NO. The van der Waals surface area contributed by atoms with Gasteiger partial charge in [0.15, 0.2) is 6.29 Å². The van der Waals surface area contributed by atoms with E-state index >= 15 is 0 Å². The Hall–Kier alpha value is -3.25. The fraction of sp³-hybridized carbons (Fsp3) is 0.375. The third-order valence-corrected chi connectivity index (χ3v) is 8.07. The standard InChI is InChI=1S/C32H38N2O7S/c35-14-15-42-21-28-18-29(24-12-10-22(20-36)11-13-24)41-32(40-28)27-7-2-6-26(17-27)25-5-1-4-23(16-25)19-33-30(37)8-3-9-31(38)34-39/h1-2,4-7,10-13,16-17,28-29,32,35-36,39H,3,8-9,14-15,18-21H2,(H,33,37)(H,34,38)/t28-,29+,32+/m1/s1. The van der Waals surface area contributed by atoms with Crippen molar-refractivity contribution >= 4 is 23.6 Å². The minimum Gasteiger partial charge on any atom is -0.396 e. The van der Waals surface area contributed by atoms with E-state index in [2.05, 4.69) is 11.4 Å². The minimum absolute atomic E-state index is 0.0101. The molecule has 3 aromatic rings. The molecule has 42 heavy (non-hydrogen) atoms. The summed E-state index contributed by atoms with van der Waals surface area (Å²) in [7, 11) is 0. The van der Waals surface area contributed by atoms with Crippen LogP contribution in [0.1, 0.15) is 60.3 Å². The Bertz CT molecular complexity index is 1300. The summed E-state index contributed by atoms with van der Waals surface area (Å²) in [5.74, 6) is 0.722. The highest BCUT2D eigenvalue weighted by atomic mass is 32.2. The number of hydroxylamine groups is 1. The van der Waals surface area contributed by atoms with Gasteiger partial charge in [-0.3, -0.25) is 14.8 Å². The molecule has 0 unspecified atom stereocenters. The lowest BCUT2D eigenvalue weighted by molar-refractivity contribution is -0.245. The molecule has 1 aliphatic heterocycles. The normalized spacial score (nSPS) is 18.4. The first kappa shape index (κ1) is 31.7. The van der Waals surface area contributed by atoms with Gasteiger partial charge in [-0.1, -0.05) is 60.7 Å². The number of rotatable bonds is 14. The van der Waals surface area contributed by atoms with Crippen molar-refractivity contribution in [2.75, 3.05) is 18.1 Å². The molecular formula is C32H38N2O7S. The molecule has 1 aliphatic rings. The smallest absolute Gasteiger partial charge is 0.243 e. The number of benzene rings is 3. The number of amides is 2. The van der Waals surface area contributed by atoms with Gasteiger partial charge in [0.2, 0.25) is 11.8 Å². The van der Waals surface area contributed by atoms with Gasteiger partial charge in [-0.05, 0) is 46.4 Å². The Morgan fingerprint density at radius 3 is 2.33 bits per heavy atom. The summed E-state index contributed by atoms with van der Waals surface area (Å²) >= 11 is 1.65. The van der Waals surface area contributed by atoms with Crippen molar-refractivity contribution in [1.82, 2.24) is 10.8 Å². The minimum atomic E-state index is -0.573. The lowest BCUT2D eigenvalue weighted by atomic mass is 9.99. The van der Waals surface area contributed by atoms with E-state index in [1.165, 1.54) is 0 Å². The van der Waals surface area contributed by atoms with Crippen molar-refractivity contribution in [3.63, 3.8) is 0 Å². The molecule has 0 saturated carbocycles. The van der Waals surface area contributed by atoms with Gasteiger partial charge < -0.3 is 25.0 Å². The van der Waals surface area contributed by atoms with E-state index in [1.54, 1.807) is 17.2 Å². The molecule has 4 rings (SSSR count). The third-order valence-electron chi connectivity index (χ3n) is 7.00. The number of ether oxygens (including phenoxy) is 2. The van der Waals surface area contributed by atoms with Gasteiger partial charge in [-0.25, -0.2) is 5.48 Å². The van der Waals surface area contributed by atoms with Crippen molar-refractivity contribution in [1.29, 1.82) is 0 Å². The molecule has 0 bridgehead atoms. The average Bonchev–Trinajstić information content (AvgIpc) is 3.04. The number of carbonyl (C=O) groups is 2. The molecule has 1 heterocycles. The number of nitrogens with one attached hydrogen (secondary N) is 2. The Kier molecular flexibility index (Phi) is 12.4. The van der Waals surface area contributed by atoms with Gasteiger partial charge in [0, 0.05) is 42.9 Å². The van der Waals surface area contributed by atoms with E-state index in [4.69, 9.17) is 14.7 Å². The Labute approximate surface area is 250 Å². The maximum atomic E-state index is 12.2. The summed E-state index contributed by atoms with van der Waals surface area (Å²) in [6.45, 7) is 0.471. The Morgan fingerprint density at radius 1 is 0.857 bits per heavy atom. The van der Waals surface area contributed by atoms with Crippen LogP contribution in [0.3, 0.4) is 0 Å². The van der Waals surface area contributed by atoms with Crippen molar-refractivity contribution < 1.29 is 34.5 Å². The van der Waals surface area contributed by atoms with Crippen LogP contribution >= 0.6 is 11.8 Å². The molecule has 10 heteroatoms. The molecule has 5 N–H and O–H groups in total. The van der Waals surface area contributed by atoms with E-state index < -0.39 is 12.2 Å².